The van der Waals surface area contributed by atoms with E-state index in [1.807, 2.05) is 0 Å². The zero-order valence-corrected chi connectivity index (χ0v) is 16.1. The fraction of sp³-hybridized carbons (Fsp3) is 0.688. The molecular weight excluding hydrogens is 388 g/mol. The summed E-state index contributed by atoms with van der Waals surface area (Å²) in [6, 6.07) is -3.91. The van der Waals surface area contributed by atoms with E-state index in [2.05, 4.69) is 16.0 Å². The van der Waals surface area contributed by atoms with Gasteiger partial charge in [-0.25, -0.2) is 4.79 Å². The summed E-state index contributed by atoms with van der Waals surface area (Å²) in [7, 11) is 0. The molecule has 0 heterocycles. The standard InChI is InChI=1S/C16H30N6O7/c17-6-2-1-3-9(20-13(25)7-18)14(26)22-11(8-23)15(27)21-10(16(28)29)4-5-12(19)24/h9-11,23H,1-8,17-18H2,(H2,19,24)(H,20,25)(H,21,27)(H,22,26)(H,28,29). The lowest BCUT2D eigenvalue weighted by Crippen LogP contribution is -2.57. The number of hydrogen-bond donors (Lipinski definition) is 8. The van der Waals surface area contributed by atoms with Crippen LogP contribution < -0.4 is 33.2 Å². The molecule has 3 unspecified atom stereocenters. The normalized spacial score (nSPS) is 13.6. The molecule has 0 radical (unpaired) electrons. The molecule has 0 saturated carbocycles. The second-order valence-corrected chi connectivity index (χ2v) is 6.26. The minimum Gasteiger partial charge on any atom is -0.480 e. The quantitative estimate of drug-likeness (QED) is 0.120. The van der Waals surface area contributed by atoms with Crippen LogP contribution in [0, 0.1) is 0 Å². The van der Waals surface area contributed by atoms with Crippen molar-refractivity contribution in [2.24, 2.45) is 17.2 Å². The third-order valence-electron chi connectivity index (χ3n) is 3.89. The zero-order chi connectivity index (χ0) is 22.4. The molecule has 0 aromatic rings. The fourth-order valence-electron chi connectivity index (χ4n) is 2.30. The van der Waals surface area contributed by atoms with E-state index >= 15 is 0 Å². The third-order valence-corrected chi connectivity index (χ3v) is 3.89. The summed E-state index contributed by atoms with van der Waals surface area (Å²) in [5, 5.41) is 25.3. The van der Waals surface area contributed by atoms with Crippen molar-refractivity contribution in [3.63, 3.8) is 0 Å². The van der Waals surface area contributed by atoms with Crippen LogP contribution in [-0.4, -0.2) is 77.6 Å². The van der Waals surface area contributed by atoms with Crippen LogP contribution in [0.1, 0.15) is 32.1 Å². The number of aliphatic carboxylic acids is 1. The topological polar surface area (TPSA) is 240 Å². The molecule has 0 aliphatic carbocycles. The number of amides is 4. The van der Waals surface area contributed by atoms with Crippen molar-refractivity contribution in [1.29, 1.82) is 0 Å². The van der Waals surface area contributed by atoms with E-state index in [1.165, 1.54) is 0 Å². The first-order valence-corrected chi connectivity index (χ1v) is 9.08. The average molecular weight is 418 g/mol. The van der Waals surface area contributed by atoms with E-state index in [-0.39, 0.29) is 25.8 Å². The van der Waals surface area contributed by atoms with Crippen molar-refractivity contribution in [2.45, 2.75) is 50.2 Å². The smallest absolute Gasteiger partial charge is 0.326 e. The largest absolute Gasteiger partial charge is 0.480 e. The number of rotatable bonds is 15. The average Bonchev–Trinajstić information content (AvgIpc) is 2.67. The van der Waals surface area contributed by atoms with E-state index < -0.39 is 54.3 Å². The number of nitrogens with one attached hydrogen (secondary N) is 3. The van der Waals surface area contributed by atoms with Crippen molar-refractivity contribution in [2.75, 3.05) is 19.7 Å². The number of carboxylic acids is 1. The Kier molecular flexibility index (Phi) is 12.9. The molecule has 0 spiro atoms. The van der Waals surface area contributed by atoms with E-state index in [0.29, 0.717) is 19.4 Å². The van der Waals surface area contributed by atoms with Gasteiger partial charge in [-0.1, -0.05) is 0 Å². The Morgan fingerprint density at radius 2 is 1.41 bits per heavy atom. The molecule has 29 heavy (non-hydrogen) atoms. The predicted molar refractivity (Wildman–Crippen MR) is 101 cm³/mol. The van der Waals surface area contributed by atoms with Crippen LogP contribution in [0.3, 0.4) is 0 Å². The highest BCUT2D eigenvalue weighted by Gasteiger charge is 2.29. The molecule has 3 atom stereocenters. The lowest BCUT2D eigenvalue weighted by atomic mass is 10.1. The molecule has 13 nitrogen and oxygen atoms in total. The van der Waals surface area contributed by atoms with Gasteiger partial charge in [0, 0.05) is 6.42 Å². The maximum absolute atomic E-state index is 12.4. The van der Waals surface area contributed by atoms with Gasteiger partial charge in [-0.3, -0.25) is 19.2 Å². The van der Waals surface area contributed by atoms with E-state index in [1.54, 1.807) is 0 Å². The molecule has 0 aromatic heterocycles. The Morgan fingerprint density at radius 3 is 1.90 bits per heavy atom. The van der Waals surface area contributed by atoms with Crippen molar-refractivity contribution in [3.8, 4) is 0 Å². The number of aliphatic hydroxyl groups is 1. The Balaban J connectivity index is 5.03. The summed E-state index contributed by atoms with van der Waals surface area (Å²) in [6.07, 6.45) is 0.819. The summed E-state index contributed by atoms with van der Waals surface area (Å²) in [5.41, 5.74) is 15.6. The van der Waals surface area contributed by atoms with E-state index in [0.717, 1.165) is 0 Å². The highest BCUT2D eigenvalue weighted by molar-refractivity contribution is 5.93. The van der Waals surface area contributed by atoms with Crippen LogP contribution >= 0.6 is 0 Å². The number of carboxylic acid groups (broad SMARTS) is 1. The number of hydrogen-bond acceptors (Lipinski definition) is 8. The minimum absolute atomic E-state index is 0.227. The van der Waals surface area contributed by atoms with Gasteiger partial charge in [0.2, 0.25) is 23.6 Å². The van der Waals surface area contributed by atoms with Gasteiger partial charge in [0.15, 0.2) is 0 Å². The van der Waals surface area contributed by atoms with Crippen LogP contribution in [-0.2, 0) is 24.0 Å². The second kappa shape index (κ2) is 14.3. The van der Waals surface area contributed by atoms with Crippen LogP contribution in [0.5, 0.6) is 0 Å². The van der Waals surface area contributed by atoms with Crippen LogP contribution in [0.25, 0.3) is 0 Å². The molecule has 0 fully saturated rings. The first kappa shape index (κ1) is 26.2. The molecule has 0 aliphatic heterocycles. The van der Waals surface area contributed by atoms with E-state index in [9.17, 15) is 29.1 Å². The summed E-state index contributed by atoms with van der Waals surface area (Å²) in [5.74, 6) is -4.45. The Labute approximate surface area is 167 Å². The van der Waals surface area contributed by atoms with E-state index in [4.69, 9.17) is 22.3 Å². The fourth-order valence-corrected chi connectivity index (χ4v) is 2.30. The molecule has 4 amide bonds. The molecule has 0 rings (SSSR count). The molecule has 0 saturated heterocycles. The monoisotopic (exact) mass is 418 g/mol. The first-order chi connectivity index (χ1) is 13.7. The van der Waals surface area contributed by atoms with Crippen LogP contribution in [0.4, 0.5) is 0 Å². The number of nitrogens with two attached hydrogens (primary N) is 3. The zero-order valence-electron chi connectivity index (χ0n) is 16.1. The highest BCUT2D eigenvalue weighted by atomic mass is 16.4. The molecule has 0 bridgehead atoms. The highest BCUT2D eigenvalue weighted by Crippen LogP contribution is 2.03. The van der Waals surface area contributed by atoms with Gasteiger partial charge < -0.3 is 43.4 Å². The molecule has 0 aliphatic rings. The lowest BCUT2D eigenvalue weighted by molar-refractivity contribution is -0.143. The summed E-state index contributed by atoms with van der Waals surface area (Å²) >= 11 is 0. The number of carbonyl (C=O) groups is 5. The maximum Gasteiger partial charge on any atom is 0.326 e. The molecule has 11 N–H and O–H groups in total. The Morgan fingerprint density at radius 1 is 0.828 bits per heavy atom. The molecule has 0 aromatic carbocycles. The summed E-state index contributed by atoms with van der Waals surface area (Å²) in [4.78, 5) is 58.2. The van der Waals surface area contributed by atoms with Gasteiger partial charge in [-0.2, -0.15) is 0 Å². The van der Waals surface area contributed by atoms with Gasteiger partial charge in [-0.15, -0.1) is 0 Å². The van der Waals surface area contributed by atoms with Gasteiger partial charge >= 0.3 is 5.97 Å². The first-order valence-electron chi connectivity index (χ1n) is 9.08. The van der Waals surface area contributed by atoms with Crippen LogP contribution in [0.15, 0.2) is 0 Å². The Bertz CT molecular complexity index is 586. The molecular formula is C16H30N6O7. The minimum atomic E-state index is -1.47. The second-order valence-electron chi connectivity index (χ2n) is 6.26. The van der Waals surface area contributed by atoms with Crippen molar-refractivity contribution < 1.29 is 34.2 Å². The third kappa shape index (κ3) is 11.0. The van der Waals surface area contributed by atoms with Crippen molar-refractivity contribution in [3.05, 3.63) is 0 Å². The number of primary amides is 1. The number of unbranched alkanes of at least 4 members (excludes halogenated alkanes) is 1. The van der Waals surface area contributed by atoms with Crippen molar-refractivity contribution in [1.82, 2.24) is 16.0 Å². The maximum atomic E-state index is 12.4. The number of aliphatic hydroxyl groups excluding tert-OH is 1. The molecule has 13 heteroatoms. The Hall–Kier alpha value is -2.77. The van der Waals surface area contributed by atoms with Gasteiger partial charge in [0.05, 0.1) is 13.2 Å². The summed E-state index contributed by atoms with van der Waals surface area (Å²) < 4.78 is 0. The number of carbonyl (C=O) groups excluding carboxylic acids is 4. The van der Waals surface area contributed by atoms with Gasteiger partial charge in [-0.05, 0) is 32.2 Å². The van der Waals surface area contributed by atoms with Crippen molar-refractivity contribution >= 4 is 29.6 Å². The SMILES string of the molecule is NCCCCC(NC(=O)CN)C(=O)NC(CO)C(=O)NC(CCC(N)=O)C(=O)O. The van der Waals surface area contributed by atoms with Gasteiger partial charge in [0.1, 0.15) is 18.1 Å². The summed E-state index contributed by atoms with van der Waals surface area (Å²) in [6.45, 7) is -0.770. The predicted octanol–water partition coefficient (Wildman–Crippen LogP) is -4.13. The van der Waals surface area contributed by atoms with Gasteiger partial charge in [0.25, 0.3) is 0 Å². The lowest BCUT2D eigenvalue weighted by Gasteiger charge is -2.23. The molecule has 166 valence electrons. The van der Waals surface area contributed by atoms with Crippen LogP contribution in [0.2, 0.25) is 0 Å².